The van der Waals surface area contributed by atoms with Crippen LogP contribution in [0.3, 0.4) is 0 Å². The van der Waals surface area contributed by atoms with Crippen LogP contribution in [0.4, 0.5) is 8.78 Å². The van der Waals surface area contributed by atoms with E-state index in [1.807, 2.05) is 13.8 Å². The summed E-state index contributed by atoms with van der Waals surface area (Å²) in [7, 11) is 0. The van der Waals surface area contributed by atoms with Gasteiger partial charge in [0.15, 0.2) is 0 Å². The third-order valence-corrected chi connectivity index (χ3v) is 3.23. The zero-order chi connectivity index (χ0) is 12.3. The molecule has 0 saturated carbocycles. The van der Waals surface area contributed by atoms with Gasteiger partial charge in [0.1, 0.15) is 11.6 Å². The van der Waals surface area contributed by atoms with Crippen LogP contribution in [0, 0.1) is 17.6 Å². The van der Waals surface area contributed by atoms with Crippen LogP contribution >= 0.6 is 0 Å². The highest BCUT2D eigenvalue weighted by molar-refractivity contribution is 5.25. The fourth-order valence-corrected chi connectivity index (χ4v) is 1.88. The lowest BCUT2D eigenvalue weighted by atomic mass is 9.79. The van der Waals surface area contributed by atoms with Gasteiger partial charge in [0.25, 0.3) is 0 Å². The summed E-state index contributed by atoms with van der Waals surface area (Å²) >= 11 is 0. The summed E-state index contributed by atoms with van der Waals surface area (Å²) in [5, 5.41) is 0. The third kappa shape index (κ3) is 2.79. The largest absolute Gasteiger partial charge is 0.321 e. The SMILES string of the molecule is CCCC(C)C(C)(N)c1cc(F)cc(F)c1. The summed E-state index contributed by atoms with van der Waals surface area (Å²) in [4.78, 5) is 0. The van der Waals surface area contributed by atoms with E-state index in [9.17, 15) is 8.78 Å². The Bertz CT molecular complexity index is 341. The van der Waals surface area contributed by atoms with Gasteiger partial charge in [-0.2, -0.15) is 0 Å². The Morgan fingerprint density at radius 3 is 2.19 bits per heavy atom. The molecule has 0 radical (unpaired) electrons. The van der Waals surface area contributed by atoms with Crippen molar-refractivity contribution >= 4 is 0 Å². The van der Waals surface area contributed by atoms with E-state index in [1.165, 1.54) is 12.1 Å². The van der Waals surface area contributed by atoms with Crippen LogP contribution in [0.2, 0.25) is 0 Å². The molecule has 90 valence electrons. The van der Waals surface area contributed by atoms with E-state index in [0.717, 1.165) is 18.9 Å². The molecule has 1 aromatic rings. The monoisotopic (exact) mass is 227 g/mol. The van der Waals surface area contributed by atoms with Crippen LogP contribution in [-0.2, 0) is 5.54 Å². The van der Waals surface area contributed by atoms with Crippen molar-refractivity contribution in [3.8, 4) is 0 Å². The maximum atomic E-state index is 13.1. The van der Waals surface area contributed by atoms with Crippen molar-refractivity contribution in [2.75, 3.05) is 0 Å². The number of benzene rings is 1. The van der Waals surface area contributed by atoms with E-state index in [4.69, 9.17) is 5.73 Å². The Hall–Kier alpha value is -0.960. The van der Waals surface area contributed by atoms with Gasteiger partial charge in [-0.15, -0.1) is 0 Å². The van der Waals surface area contributed by atoms with Gasteiger partial charge in [-0.25, -0.2) is 8.78 Å². The molecule has 0 spiro atoms. The molecule has 0 aliphatic rings. The van der Waals surface area contributed by atoms with Crippen molar-refractivity contribution in [1.82, 2.24) is 0 Å². The maximum absolute atomic E-state index is 13.1. The second-order valence-corrected chi connectivity index (χ2v) is 4.63. The lowest BCUT2D eigenvalue weighted by Gasteiger charge is -2.32. The van der Waals surface area contributed by atoms with Gasteiger partial charge in [-0.3, -0.25) is 0 Å². The molecule has 1 aromatic carbocycles. The van der Waals surface area contributed by atoms with E-state index in [0.29, 0.717) is 5.56 Å². The van der Waals surface area contributed by atoms with Crippen LogP contribution in [0.15, 0.2) is 18.2 Å². The van der Waals surface area contributed by atoms with Crippen molar-refractivity contribution in [3.05, 3.63) is 35.4 Å². The molecule has 2 unspecified atom stereocenters. The first-order chi connectivity index (χ1) is 7.37. The molecule has 0 heterocycles. The van der Waals surface area contributed by atoms with Gasteiger partial charge >= 0.3 is 0 Å². The molecule has 1 nitrogen and oxygen atoms in total. The highest BCUT2D eigenvalue weighted by Gasteiger charge is 2.28. The molecule has 0 aliphatic heterocycles. The first-order valence-electron chi connectivity index (χ1n) is 5.63. The van der Waals surface area contributed by atoms with Crippen molar-refractivity contribution < 1.29 is 8.78 Å². The Morgan fingerprint density at radius 1 is 1.25 bits per heavy atom. The standard InChI is InChI=1S/C13H19F2N/c1-4-5-9(2)13(3,16)10-6-11(14)8-12(15)7-10/h6-9H,4-5,16H2,1-3H3. The fourth-order valence-electron chi connectivity index (χ4n) is 1.88. The Kier molecular flexibility index (Phi) is 4.03. The van der Waals surface area contributed by atoms with E-state index >= 15 is 0 Å². The predicted molar refractivity (Wildman–Crippen MR) is 62.0 cm³/mol. The zero-order valence-corrected chi connectivity index (χ0v) is 10.1. The van der Waals surface area contributed by atoms with Crippen LogP contribution < -0.4 is 5.73 Å². The average molecular weight is 227 g/mol. The molecule has 0 amide bonds. The van der Waals surface area contributed by atoms with Gasteiger partial charge in [0.05, 0.1) is 0 Å². The second-order valence-electron chi connectivity index (χ2n) is 4.63. The average Bonchev–Trinajstić information content (AvgIpc) is 2.16. The molecule has 16 heavy (non-hydrogen) atoms. The van der Waals surface area contributed by atoms with Crippen LogP contribution in [0.1, 0.15) is 39.2 Å². The molecule has 0 aliphatic carbocycles. The maximum Gasteiger partial charge on any atom is 0.126 e. The minimum atomic E-state index is -0.695. The summed E-state index contributed by atoms with van der Waals surface area (Å²) in [6.45, 7) is 5.90. The van der Waals surface area contributed by atoms with E-state index in [1.54, 1.807) is 0 Å². The number of hydrogen-bond acceptors (Lipinski definition) is 1. The highest BCUT2D eigenvalue weighted by atomic mass is 19.1. The van der Waals surface area contributed by atoms with Crippen LogP contribution in [-0.4, -0.2) is 0 Å². The molecular weight excluding hydrogens is 208 g/mol. The normalized spacial score (nSPS) is 16.9. The van der Waals surface area contributed by atoms with Gasteiger partial charge in [0.2, 0.25) is 0 Å². The number of hydrogen-bond donors (Lipinski definition) is 1. The second kappa shape index (κ2) is 4.91. The third-order valence-electron chi connectivity index (χ3n) is 3.23. The Labute approximate surface area is 95.7 Å². The fraction of sp³-hybridized carbons (Fsp3) is 0.538. The smallest absolute Gasteiger partial charge is 0.126 e. The molecular formula is C13H19F2N. The summed E-state index contributed by atoms with van der Waals surface area (Å²) < 4.78 is 26.2. The van der Waals surface area contributed by atoms with E-state index < -0.39 is 17.2 Å². The Morgan fingerprint density at radius 2 is 1.75 bits per heavy atom. The topological polar surface area (TPSA) is 26.0 Å². The van der Waals surface area contributed by atoms with E-state index in [2.05, 4.69) is 6.92 Å². The molecule has 3 heteroatoms. The van der Waals surface area contributed by atoms with Gasteiger partial charge in [0, 0.05) is 11.6 Å². The first kappa shape index (κ1) is 13.1. The van der Waals surface area contributed by atoms with Gasteiger partial charge in [-0.1, -0.05) is 20.3 Å². The molecule has 0 saturated heterocycles. The van der Waals surface area contributed by atoms with E-state index in [-0.39, 0.29) is 5.92 Å². The minimum absolute atomic E-state index is 0.179. The van der Waals surface area contributed by atoms with Crippen LogP contribution in [0.5, 0.6) is 0 Å². The van der Waals surface area contributed by atoms with Crippen molar-refractivity contribution in [2.45, 2.75) is 39.2 Å². The summed E-state index contributed by atoms with van der Waals surface area (Å²) in [6.07, 6.45) is 1.94. The zero-order valence-electron chi connectivity index (χ0n) is 10.1. The summed E-state index contributed by atoms with van der Waals surface area (Å²) in [5.74, 6) is -0.968. The highest BCUT2D eigenvalue weighted by Crippen LogP contribution is 2.30. The lowest BCUT2D eigenvalue weighted by Crippen LogP contribution is -2.40. The lowest BCUT2D eigenvalue weighted by molar-refractivity contribution is 0.302. The first-order valence-corrected chi connectivity index (χ1v) is 5.63. The number of nitrogens with two attached hydrogens (primary N) is 1. The number of halogens is 2. The Balaban J connectivity index is 3.05. The molecule has 0 fully saturated rings. The minimum Gasteiger partial charge on any atom is -0.321 e. The summed E-state index contributed by atoms with van der Waals surface area (Å²) in [6, 6.07) is 3.49. The molecule has 2 atom stereocenters. The van der Waals surface area contributed by atoms with Gasteiger partial charge in [-0.05, 0) is 37.0 Å². The summed E-state index contributed by atoms with van der Waals surface area (Å²) in [5.41, 5.74) is 6.00. The molecule has 2 N–H and O–H groups in total. The predicted octanol–water partition coefficient (Wildman–Crippen LogP) is 3.57. The van der Waals surface area contributed by atoms with Gasteiger partial charge < -0.3 is 5.73 Å². The molecule has 1 rings (SSSR count). The van der Waals surface area contributed by atoms with Crippen LogP contribution in [0.25, 0.3) is 0 Å². The quantitative estimate of drug-likeness (QED) is 0.836. The number of rotatable bonds is 4. The molecule has 0 aromatic heterocycles. The van der Waals surface area contributed by atoms with Crippen molar-refractivity contribution in [2.24, 2.45) is 11.7 Å². The molecule has 0 bridgehead atoms. The van der Waals surface area contributed by atoms with Crippen molar-refractivity contribution in [1.29, 1.82) is 0 Å². The van der Waals surface area contributed by atoms with Crippen molar-refractivity contribution in [3.63, 3.8) is 0 Å².